The molecule has 0 aromatic carbocycles. The highest BCUT2D eigenvalue weighted by molar-refractivity contribution is 9.10. The van der Waals surface area contributed by atoms with Gasteiger partial charge in [-0.1, -0.05) is 35.4 Å². The third-order valence-corrected chi connectivity index (χ3v) is 10.3. The van der Waals surface area contributed by atoms with E-state index in [1.165, 1.54) is 0 Å². The number of ketones is 2. The van der Waals surface area contributed by atoms with Crippen LogP contribution in [0, 0.1) is 22.7 Å². The smallest absolute Gasteiger partial charge is 0.155 e. The predicted molar refractivity (Wildman–Crippen MR) is 95.9 cm³/mol. The summed E-state index contributed by atoms with van der Waals surface area (Å²) in [5.74, 6) is 1.04. The Balaban J connectivity index is 1.84. The molecule has 0 aliphatic heterocycles. The number of carbonyl (C=O) groups excluding carboxylic acids is 2. The molecule has 0 saturated heterocycles. The molecule has 0 bridgehead atoms. The highest BCUT2D eigenvalue weighted by Crippen LogP contribution is 2.70. The van der Waals surface area contributed by atoms with E-state index in [-0.39, 0.29) is 28.3 Å². The zero-order chi connectivity index (χ0) is 17.5. The molecule has 132 valence electrons. The van der Waals surface area contributed by atoms with Gasteiger partial charge < -0.3 is 5.11 Å². The molecule has 3 nitrogen and oxygen atoms in total. The minimum Gasteiger partial charge on any atom is -0.390 e. The van der Waals surface area contributed by atoms with Crippen molar-refractivity contribution in [2.24, 2.45) is 22.7 Å². The molecule has 0 amide bonds. The van der Waals surface area contributed by atoms with Crippen molar-refractivity contribution in [2.45, 2.75) is 75.6 Å². The first kappa shape index (κ1) is 17.0. The minimum atomic E-state index is -0.763. The van der Waals surface area contributed by atoms with Crippen molar-refractivity contribution in [3.8, 4) is 0 Å². The van der Waals surface area contributed by atoms with Crippen LogP contribution in [0.15, 0.2) is 11.6 Å². The van der Waals surface area contributed by atoms with Gasteiger partial charge in [0.05, 0.1) is 9.93 Å². The lowest BCUT2D eigenvalue weighted by Gasteiger charge is -2.62. The summed E-state index contributed by atoms with van der Waals surface area (Å²) in [5, 5.41) is 10.9. The molecule has 0 heterocycles. The van der Waals surface area contributed by atoms with Crippen LogP contribution in [0.25, 0.3) is 0 Å². The molecule has 4 rings (SSSR count). The van der Waals surface area contributed by atoms with Gasteiger partial charge in [0.1, 0.15) is 0 Å². The lowest BCUT2D eigenvalue weighted by Crippen LogP contribution is -2.66. The second-order valence-corrected chi connectivity index (χ2v) is 10.5. The van der Waals surface area contributed by atoms with Crippen LogP contribution in [0.5, 0.6) is 0 Å². The number of hydrogen-bond acceptors (Lipinski definition) is 3. The number of rotatable bonds is 0. The first-order valence-corrected chi connectivity index (χ1v) is 10.0. The van der Waals surface area contributed by atoms with Crippen LogP contribution in [0.4, 0.5) is 0 Å². The molecule has 0 unspecified atom stereocenters. The number of Topliss-reactive ketones (excluding diaryl/α,β-unsaturated/α-hetero) is 1. The Morgan fingerprint density at radius 1 is 1.08 bits per heavy atom. The first-order valence-electron chi connectivity index (χ1n) is 9.25. The molecule has 0 radical (unpaired) electrons. The Kier molecular flexibility index (Phi) is 3.41. The van der Waals surface area contributed by atoms with Gasteiger partial charge in [-0.3, -0.25) is 9.59 Å². The van der Waals surface area contributed by atoms with Crippen LogP contribution in [-0.4, -0.2) is 26.6 Å². The predicted octanol–water partition coefficient (Wildman–Crippen LogP) is 3.97. The summed E-state index contributed by atoms with van der Waals surface area (Å²) < 4.78 is -0.574. The van der Waals surface area contributed by atoms with E-state index in [1.807, 2.05) is 13.0 Å². The molecule has 3 saturated carbocycles. The second-order valence-electron chi connectivity index (χ2n) is 9.26. The SMILES string of the molecule is C[C@]1(O)CC[C@H]2[C@H]3CCC4=CC(=O)CC[C@@]4(C)[C@@]3(Br)C(=O)C[C@@]21C. The average molecular weight is 395 g/mol. The number of hydrogen-bond donors (Lipinski definition) is 1. The maximum absolute atomic E-state index is 13.5. The van der Waals surface area contributed by atoms with Crippen molar-refractivity contribution in [3.05, 3.63) is 11.6 Å². The van der Waals surface area contributed by atoms with Gasteiger partial charge in [0, 0.05) is 23.7 Å². The Bertz CT molecular complexity index is 666. The van der Waals surface area contributed by atoms with Gasteiger partial charge in [-0.2, -0.15) is 0 Å². The van der Waals surface area contributed by atoms with E-state index in [4.69, 9.17) is 0 Å². The summed E-state index contributed by atoms with van der Waals surface area (Å²) in [6.45, 7) is 6.21. The van der Waals surface area contributed by atoms with Gasteiger partial charge in [0.2, 0.25) is 0 Å². The summed E-state index contributed by atoms with van der Waals surface area (Å²) in [6.07, 6.45) is 7.14. The fourth-order valence-corrected chi connectivity index (χ4v) is 7.65. The Hall–Kier alpha value is -0.480. The minimum absolute atomic E-state index is 0.203. The van der Waals surface area contributed by atoms with Crippen LogP contribution >= 0.6 is 15.9 Å². The van der Waals surface area contributed by atoms with Crippen molar-refractivity contribution in [1.82, 2.24) is 0 Å². The first-order chi connectivity index (χ1) is 11.1. The maximum atomic E-state index is 13.5. The molecule has 0 aromatic heterocycles. The Morgan fingerprint density at radius 3 is 2.50 bits per heavy atom. The Labute approximate surface area is 152 Å². The van der Waals surface area contributed by atoms with Crippen molar-refractivity contribution < 1.29 is 14.7 Å². The third-order valence-electron chi connectivity index (χ3n) is 8.36. The van der Waals surface area contributed by atoms with Gasteiger partial charge in [-0.05, 0) is 56.9 Å². The zero-order valence-electron chi connectivity index (χ0n) is 14.8. The molecular formula is C20H27BrO3. The van der Waals surface area contributed by atoms with Crippen molar-refractivity contribution in [3.63, 3.8) is 0 Å². The number of allylic oxidation sites excluding steroid dienone is 1. The molecule has 24 heavy (non-hydrogen) atoms. The van der Waals surface area contributed by atoms with E-state index < -0.39 is 9.93 Å². The number of alkyl halides is 1. The molecule has 6 atom stereocenters. The number of fused-ring (bicyclic) bond motifs is 5. The van der Waals surface area contributed by atoms with Crippen LogP contribution < -0.4 is 0 Å². The van der Waals surface area contributed by atoms with E-state index in [0.29, 0.717) is 18.8 Å². The van der Waals surface area contributed by atoms with Gasteiger partial charge in [-0.25, -0.2) is 0 Å². The summed E-state index contributed by atoms with van der Waals surface area (Å²) >= 11 is 3.97. The molecule has 4 heteroatoms. The summed E-state index contributed by atoms with van der Waals surface area (Å²) in [4.78, 5) is 25.4. The van der Waals surface area contributed by atoms with Gasteiger partial charge in [0.15, 0.2) is 11.6 Å². The number of aliphatic hydroxyl groups is 1. The van der Waals surface area contributed by atoms with E-state index >= 15 is 0 Å². The van der Waals surface area contributed by atoms with Crippen LogP contribution in [0.3, 0.4) is 0 Å². The molecule has 4 aliphatic carbocycles. The summed E-state index contributed by atoms with van der Waals surface area (Å²) in [7, 11) is 0. The van der Waals surface area contributed by atoms with E-state index in [9.17, 15) is 14.7 Å². The van der Waals surface area contributed by atoms with Crippen LogP contribution in [0.2, 0.25) is 0 Å². The highest BCUT2D eigenvalue weighted by atomic mass is 79.9. The van der Waals surface area contributed by atoms with Crippen molar-refractivity contribution in [2.75, 3.05) is 0 Å². The maximum Gasteiger partial charge on any atom is 0.155 e. The molecule has 0 aromatic rings. The number of carbonyl (C=O) groups is 2. The topological polar surface area (TPSA) is 54.4 Å². The molecule has 4 aliphatic rings. The van der Waals surface area contributed by atoms with Gasteiger partial charge >= 0.3 is 0 Å². The second kappa shape index (κ2) is 4.82. The molecule has 3 fully saturated rings. The van der Waals surface area contributed by atoms with Gasteiger partial charge in [0.25, 0.3) is 0 Å². The third kappa shape index (κ3) is 1.77. The van der Waals surface area contributed by atoms with Gasteiger partial charge in [-0.15, -0.1) is 0 Å². The lowest BCUT2D eigenvalue weighted by atomic mass is 9.46. The fourth-order valence-electron chi connectivity index (χ4n) is 6.50. The van der Waals surface area contributed by atoms with Crippen molar-refractivity contribution in [1.29, 1.82) is 0 Å². The fraction of sp³-hybridized carbons (Fsp3) is 0.800. The average Bonchev–Trinajstić information content (AvgIpc) is 2.72. The largest absolute Gasteiger partial charge is 0.390 e. The summed E-state index contributed by atoms with van der Waals surface area (Å²) in [5.41, 5.74) is -0.194. The molecular weight excluding hydrogens is 368 g/mol. The standard InChI is InChI=1S/C20H27BrO3/c1-17-8-6-13(22)10-12(17)4-5-15-14-7-9-19(3,24)18(14,2)11-16(23)20(15,17)21/h10,14-15,24H,4-9,11H2,1-3H3/t14-,15+,17+,18-,19-,20-/m0/s1. The lowest BCUT2D eigenvalue weighted by molar-refractivity contribution is -0.151. The zero-order valence-corrected chi connectivity index (χ0v) is 16.4. The Morgan fingerprint density at radius 2 is 1.79 bits per heavy atom. The number of halogens is 1. The van der Waals surface area contributed by atoms with E-state index in [0.717, 1.165) is 37.7 Å². The quantitative estimate of drug-likeness (QED) is 0.632. The summed E-state index contributed by atoms with van der Waals surface area (Å²) in [6, 6.07) is 0. The highest BCUT2D eigenvalue weighted by Gasteiger charge is 2.71. The van der Waals surface area contributed by atoms with Crippen LogP contribution in [0.1, 0.15) is 65.7 Å². The molecule has 1 N–H and O–H groups in total. The van der Waals surface area contributed by atoms with Crippen molar-refractivity contribution >= 4 is 27.5 Å². The molecule has 0 spiro atoms. The van der Waals surface area contributed by atoms with E-state index in [2.05, 4.69) is 29.8 Å². The van der Waals surface area contributed by atoms with Crippen LogP contribution in [-0.2, 0) is 9.59 Å². The monoisotopic (exact) mass is 394 g/mol. The van der Waals surface area contributed by atoms with E-state index in [1.54, 1.807) is 0 Å². The normalized spacial score (nSPS) is 54.0.